The number of hydrogen-bond donors (Lipinski definition) is 1. The van der Waals surface area contributed by atoms with Crippen molar-refractivity contribution in [2.45, 2.75) is 46.2 Å². The van der Waals surface area contributed by atoms with Crippen molar-refractivity contribution in [2.75, 3.05) is 6.54 Å². The van der Waals surface area contributed by atoms with Crippen molar-refractivity contribution < 1.29 is 0 Å². The molecule has 0 radical (unpaired) electrons. The van der Waals surface area contributed by atoms with Crippen LogP contribution in [0.2, 0.25) is 0 Å². The van der Waals surface area contributed by atoms with E-state index in [9.17, 15) is 0 Å². The summed E-state index contributed by atoms with van der Waals surface area (Å²) in [6.07, 6.45) is 4.56. The predicted molar refractivity (Wildman–Crippen MR) is 61.6 cm³/mol. The van der Waals surface area contributed by atoms with E-state index in [1.807, 2.05) is 0 Å². The Morgan fingerprint density at radius 1 is 1.43 bits per heavy atom. The van der Waals surface area contributed by atoms with Crippen LogP contribution in [-0.2, 0) is 13.0 Å². The first kappa shape index (κ1) is 11.3. The predicted octanol–water partition coefficient (Wildman–Crippen LogP) is 2.44. The lowest BCUT2D eigenvalue weighted by Crippen LogP contribution is -2.26. The first-order valence-corrected chi connectivity index (χ1v) is 5.65. The van der Waals surface area contributed by atoms with Gasteiger partial charge in [-0.15, -0.1) is 0 Å². The fraction of sp³-hybridized carbons (Fsp3) is 0.667. The Morgan fingerprint density at radius 2 is 2.21 bits per heavy atom. The Balaban J connectivity index is 2.37. The number of aromatic nitrogens is 1. The van der Waals surface area contributed by atoms with Crippen LogP contribution in [0.3, 0.4) is 0 Å². The molecule has 1 N–H and O–H groups in total. The summed E-state index contributed by atoms with van der Waals surface area (Å²) in [7, 11) is 0. The van der Waals surface area contributed by atoms with E-state index in [4.69, 9.17) is 0 Å². The molecule has 2 heteroatoms. The quantitative estimate of drug-likeness (QED) is 0.736. The number of nitrogens with zero attached hydrogens (tertiary/aromatic N) is 1. The second-order valence-electron chi connectivity index (χ2n) is 3.78. The van der Waals surface area contributed by atoms with Crippen molar-refractivity contribution in [2.24, 2.45) is 0 Å². The summed E-state index contributed by atoms with van der Waals surface area (Å²) in [6.45, 7) is 8.75. The highest BCUT2D eigenvalue weighted by atomic mass is 15.0. The molecule has 0 aromatic carbocycles. The van der Waals surface area contributed by atoms with Gasteiger partial charge in [0.25, 0.3) is 0 Å². The monoisotopic (exact) mass is 194 g/mol. The molecule has 80 valence electrons. The molecule has 1 aromatic heterocycles. The molecule has 0 saturated heterocycles. The lowest BCUT2D eigenvalue weighted by molar-refractivity contribution is 0.521. The number of aryl methyl sites for hydroxylation is 2. The highest BCUT2D eigenvalue weighted by Gasteiger charge is 2.03. The maximum atomic E-state index is 3.44. The van der Waals surface area contributed by atoms with E-state index in [1.165, 1.54) is 18.5 Å². The lowest BCUT2D eigenvalue weighted by atomic mass is 10.1. The van der Waals surface area contributed by atoms with Gasteiger partial charge in [0.15, 0.2) is 0 Å². The lowest BCUT2D eigenvalue weighted by Gasteiger charge is -2.12. The average Bonchev–Trinajstić information content (AvgIpc) is 2.62. The van der Waals surface area contributed by atoms with Gasteiger partial charge in [0.1, 0.15) is 0 Å². The molecule has 1 atom stereocenters. The van der Waals surface area contributed by atoms with Crippen molar-refractivity contribution in [1.82, 2.24) is 9.88 Å². The van der Waals surface area contributed by atoms with Gasteiger partial charge in [0.2, 0.25) is 0 Å². The van der Waals surface area contributed by atoms with Crippen molar-refractivity contribution in [3.8, 4) is 0 Å². The first-order valence-electron chi connectivity index (χ1n) is 5.65. The molecule has 0 fully saturated rings. The van der Waals surface area contributed by atoms with Crippen LogP contribution in [-0.4, -0.2) is 17.2 Å². The maximum Gasteiger partial charge on any atom is 0.0193 e. The fourth-order valence-corrected chi connectivity index (χ4v) is 1.80. The molecule has 0 amide bonds. The van der Waals surface area contributed by atoms with Crippen LogP contribution in [0, 0.1) is 0 Å². The smallest absolute Gasteiger partial charge is 0.0193 e. The van der Waals surface area contributed by atoms with Gasteiger partial charge in [-0.25, -0.2) is 0 Å². The van der Waals surface area contributed by atoms with Gasteiger partial charge in [-0.3, -0.25) is 0 Å². The van der Waals surface area contributed by atoms with Gasteiger partial charge in [0.05, 0.1) is 0 Å². The minimum absolute atomic E-state index is 0.625. The Kier molecular flexibility index (Phi) is 4.74. The maximum absolute atomic E-state index is 3.44. The van der Waals surface area contributed by atoms with Gasteiger partial charge >= 0.3 is 0 Å². The Hall–Kier alpha value is -0.760. The summed E-state index contributed by atoms with van der Waals surface area (Å²) in [5.74, 6) is 0. The second-order valence-corrected chi connectivity index (χ2v) is 3.78. The van der Waals surface area contributed by atoms with Crippen molar-refractivity contribution in [3.05, 3.63) is 24.0 Å². The zero-order valence-corrected chi connectivity index (χ0v) is 9.59. The zero-order chi connectivity index (χ0) is 10.4. The molecular formula is C12H22N2. The van der Waals surface area contributed by atoms with Crippen LogP contribution in [0.25, 0.3) is 0 Å². The standard InChI is InChI=1S/C12H22N2/c1-4-13-11(3)8-9-12-7-6-10-14(12)5-2/h6-7,10-11,13H,4-5,8-9H2,1-3H3. The minimum Gasteiger partial charge on any atom is -0.352 e. The SMILES string of the molecule is CCNC(C)CCc1cccn1CC. The Morgan fingerprint density at radius 3 is 2.86 bits per heavy atom. The minimum atomic E-state index is 0.625. The summed E-state index contributed by atoms with van der Waals surface area (Å²) in [5, 5.41) is 3.44. The summed E-state index contributed by atoms with van der Waals surface area (Å²) < 4.78 is 2.32. The Bertz CT molecular complexity index is 253. The highest BCUT2D eigenvalue weighted by molar-refractivity contribution is 5.07. The molecule has 0 aliphatic rings. The molecule has 0 bridgehead atoms. The van der Waals surface area contributed by atoms with Crippen molar-refractivity contribution >= 4 is 0 Å². The van der Waals surface area contributed by atoms with E-state index in [1.54, 1.807) is 0 Å². The summed E-state index contributed by atoms with van der Waals surface area (Å²) in [6, 6.07) is 4.99. The Labute approximate surface area is 87.3 Å². The van der Waals surface area contributed by atoms with Crippen molar-refractivity contribution in [3.63, 3.8) is 0 Å². The molecule has 1 rings (SSSR count). The van der Waals surface area contributed by atoms with Crippen LogP contribution < -0.4 is 5.32 Å². The number of nitrogens with one attached hydrogen (secondary N) is 1. The molecule has 1 aromatic rings. The van der Waals surface area contributed by atoms with E-state index in [-0.39, 0.29) is 0 Å². The van der Waals surface area contributed by atoms with Gasteiger partial charge in [-0.05, 0) is 45.4 Å². The van der Waals surface area contributed by atoms with Gasteiger partial charge in [-0.1, -0.05) is 6.92 Å². The molecule has 0 aliphatic heterocycles. The van der Waals surface area contributed by atoms with Crippen LogP contribution in [0.1, 0.15) is 32.9 Å². The third-order valence-corrected chi connectivity index (χ3v) is 2.65. The van der Waals surface area contributed by atoms with Crippen LogP contribution in [0.15, 0.2) is 18.3 Å². The third-order valence-electron chi connectivity index (χ3n) is 2.65. The van der Waals surface area contributed by atoms with Crippen LogP contribution >= 0.6 is 0 Å². The van der Waals surface area contributed by atoms with Crippen LogP contribution in [0.5, 0.6) is 0 Å². The van der Waals surface area contributed by atoms with E-state index < -0.39 is 0 Å². The average molecular weight is 194 g/mol. The molecule has 2 nitrogen and oxygen atoms in total. The number of hydrogen-bond acceptors (Lipinski definition) is 1. The molecule has 1 heterocycles. The molecular weight excluding hydrogens is 172 g/mol. The van der Waals surface area contributed by atoms with Gasteiger partial charge in [-0.2, -0.15) is 0 Å². The van der Waals surface area contributed by atoms with E-state index in [0.29, 0.717) is 6.04 Å². The summed E-state index contributed by atoms with van der Waals surface area (Å²) in [4.78, 5) is 0. The highest BCUT2D eigenvalue weighted by Crippen LogP contribution is 2.06. The fourth-order valence-electron chi connectivity index (χ4n) is 1.80. The van der Waals surface area contributed by atoms with Gasteiger partial charge in [0, 0.05) is 24.5 Å². The molecule has 14 heavy (non-hydrogen) atoms. The topological polar surface area (TPSA) is 17.0 Å². The van der Waals surface area contributed by atoms with Gasteiger partial charge < -0.3 is 9.88 Å². The van der Waals surface area contributed by atoms with E-state index in [0.717, 1.165) is 13.1 Å². The molecule has 0 spiro atoms. The zero-order valence-electron chi connectivity index (χ0n) is 9.59. The summed E-state index contributed by atoms with van der Waals surface area (Å²) in [5.41, 5.74) is 1.46. The largest absolute Gasteiger partial charge is 0.352 e. The third kappa shape index (κ3) is 3.18. The van der Waals surface area contributed by atoms with Crippen LogP contribution in [0.4, 0.5) is 0 Å². The first-order chi connectivity index (χ1) is 6.77. The number of rotatable bonds is 6. The second kappa shape index (κ2) is 5.86. The molecule has 0 saturated carbocycles. The molecule has 1 unspecified atom stereocenters. The van der Waals surface area contributed by atoms with E-state index >= 15 is 0 Å². The van der Waals surface area contributed by atoms with Crippen molar-refractivity contribution in [1.29, 1.82) is 0 Å². The molecule has 0 aliphatic carbocycles. The van der Waals surface area contributed by atoms with E-state index in [2.05, 4.69) is 49.0 Å². The normalized spacial score (nSPS) is 13.1. The summed E-state index contributed by atoms with van der Waals surface area (Å²) >= 11 is 0.